The van der Waals surface area contributed by atoms with Crippen molar-refractivity contribution >= 4 is 0 Å². The fourth-order valence-corrected chi connectivity index (χ4v) is 1.76. The maximum absolute atomic E-state index is 13.3. The fourth-order valence-electron chi connectivity index (χ4n) is 1.76. The van der Waals surface area contributed by atoms with Gasteiger partial charge in [0.25, 0.3) is 0 Å². The van der Waals surface area contributed by atoms with Crippen LogP contribution in [0.5, 0.6) is 0 Å². The van der Waals surface area contributed by atoms with Crippen LogP contribution in [0, 0.1) is 18.7 Å². The zero-order valence-electron chi connectivity index (χ0n) is 10.1. The van der Waals surface area contributed by atoms with Crippen LogP contribution in [0.3, 0.4) is 0 Å². The second-order valence-electron chi connectivity index (χ2n) is 4.36. The Labute approximate surface area is 96.3 Å². The third-order valence-electron chi connectivity index (χ3n) is 3.26. The minimum absolute atomic E-state index is 0.109. The van der Waals surface area contributed by atoms with Crippen molar-refractivity contribution in [3.63, 3.8) is 0 Å². The smallest absolute Gasteiger partial charge is 0.126 e. The number of aliphatic hydroxyl groups is 1. The molecule has 1 aromatic rings. The summed E-state index contributed by atoms with van der Waals surface area (Å²) in [6.45, 7) is 5.63. The van der Waals surface area contributed by atoms with E-state index in [2.05, 4.69) is 0 Å². The number of halogens is 1. The molecule has 16 heavy (non-hydrogen) atoms. The average Bonchev–Trinajstić information content (AvgIpc) is 2.29. The highest BCUT2D eigenvalue weighted by molar-refractivity contribution is 5.30. The van der Waals surface area contributed by atoms with Gasteiger partial charge in [0.1, 0.15) is 5.82 Å². The normalized spacial score (nSPS) is 16.9. The van der Waals surface area contributed by atoms with Crippen molar-refractivity contribution < 1.29 is 9.50 Å². The second-order valence-corrected chi connectivity index (χ2v) is 4.36. The lowest BCUT2D eigenvalue weighted by Gasteiger charge is -2.25. The number of hydrogen-bond donors (Lipinski definition) is 2. The van der Waals surface area contributed by atoms with Gasteiger partial charge in [-0.25, -0.2) is 4.39 Å². The molecule has 0 aliphatic rings. The van der Waals surface area contributed by atoms with Crippen molar-refractivity contribution in [3.8, 4) is 0 Å². The Hall–Kier alpha value is -0.930. The van der Waals surface area contributed by atoms with Gasteiger partial charge in [-0.1, -0.05) is 32.4 Å². The van der Waals surface area contributed by atoms with Crippen LogP contribution in [-0.4, -0.2) is 11.2 Å². The molecule has 0 spiro atoms. The summed E-state index contributed by atoms with van der Waals surface area (Å²) in [5.41, 5.74) is 7.18. The molecule has 90 valence electrons. The van der Waals surface area contributed by atoms with E-state index < -0.39 is 12.1 Å². The zero-order valence-corrected chi connectivity index (χ0v) is 10.1. The van der Waals surface area contributed by atoms with Gasteiger partial charge in [0.2, 0.25) is 0 Å². The Morgan fingerprint density at radius 1 is 1.44 bits per heavy atom. The van der Waals surface area contributed by atoms with E-state index in [0.29, 0.717) is 11.1 Å². The fraction of sp³-hybridized carbons (Fsp3) is 0.538. The number of benzene rings is 1. The number of rotatable bonds is 4. The summed E-state index contributed by atoms with van der Waals surface area (Å²) in [4.78, 5) is 0. The van der Waals surface area contributed by atoms with Gasteiger partial charge in [-0.15, -0.1) is 0 Å². The van der Waals surface area contributed by atoms with Crippen LogP contribution in [0.2, 0.25) is 0 Å². The van der Waals surface area contributed by atoms with E-state index in [0.717, 1.165) is 6.42 Å². The third-order valence-corrected chi connectivity index (χ3v) is 3.26. The molecule has 0 saturated heterocycles. The van der Waals surface area contributed by atoms with Gasteiger partial charge in [0, 0.05) is 0 Å². The highest BCUT2D eigenvalue weighted by Gasteiger charge is 2.23. The van der Waals surface area contributed by atoms with Gasteiger partial charge >= 0.3 is 0 Å². The lowest BCUT2D eigenvalue weighted by Crippen LogP contribution is -2.32. The summed E-state index contributed by atoms with van der Waals surface area (Å²) < 4.78 is 13.3. The number of hydrogen-bond acceptors (Lipinski definition) is 2. The minimum atomic E-state index is -0.634. The Balaban J connectivity index is 2.96. The third kappa shape index (κ3) is 2.60. The predicted molar refractivity (Wildman–Crippen MR) is 63.5 cm³/mol. The summed E-state index contributed by atoms with van der Waals surface area (Å²) in [6, 6.07) is 4.28. The van der Waals surface area contributed by atoms with E-state index >= 15 is 0 Å². The first-order valence-corrected chi connectivity index (χ1v) is 5.67. The Morgan fingerprint density at radius 3 is 2.62 bits per heavy atom. The van der Waals surface area contributed by atoms with Crippen molar-refractivity contribution in [2.45, 2.75) is 39.3 Å². The summed E-state index contributed by atoms with van der Waals surface area (Å²) in [7, 11) is 0. The largest absolute Gasteiger partial charge is 0.391 e. The standard InChI is InChI=1S/C13H20FNO/c1-4-8(2)13(16)12(15)10-6-5-7-11(14)9(10)3/h5-8,12-13,16H,4,15H2,1-3H3/t8?,12-,13+/m1/s1. The van der Waals surface area contributed by atoms with Crippen LogP contribution in [-0.2, 0) is 0 Å². The molecule has 0 saturated carbocycles. The SMILES string of the molecule is CCC(C)[C@H](O)[C@H](N)c1cccc(F)c1C. The first-order chi connectivity index (χ1) is 7.49. The molecule has 3 N–H and O–H groups in total. The van der Waals surface area contributed by atoms with E-state index in [1.165, 1.54) is 6.07 Å². The molecule has 0 aliphatic carbocycles. The topological polar surface area (TPSA) is 46.2 Å². The first-order valence-electron chi connectivity index (χ1n) is 5.67. The van der Waals surface area contributed by atoms with Crippen molar-refractivity contribution in [3.05, 3.63) is 35.1 Å². The van der Waals surface area contributed by atoms with Gasteiger partial charge in [0.15, 0.2) is 0 Å². The van der Waals surface area contributed by atoms with E-state index in [1.54, 1.807) is 19.1 Å². The summed E-state index contributed by atoms with van der Waals surface area (Å²) >= 11 is 0. The monoisotopic (exact) mass is 225 g/mol. The van der Waals surface area contributed by atoms with Crippen molar-refractivity contribution in [1.82, 2.24) is 0 Å². The Morgan fingerprint density at radius 2 is 2.06 bits per heavy atom. The highest BCUT2D eigenvalue weighted by atomic mass is 19.1. The Bertz CT molecular complexity index is 354. The molecule has 0 amide bonds. The first kappa shape index (κ1) is 13.1. The van der Waals surface area contributed by atoms with Gasteiger partial charge < -0.3 is 10.8 Å². The molecular formula is C13H20FNO. The molecule has 0 aliphatic heterocycles. The van der Waals surface area contributed by atoms with Crippen molar-refractivity contribution in [2.24, 2.45) is 11.7 Å². The van der Waals surface area contributed by atoms with Gasteiger partial charge in [-0.05, 0) is 30.0 Å². The molecule has 3 atom stereocenters. The Kier molecular flexibility index (Phi) is 4.44. The lowest BCUT2D eigenvalue weighted by atomic mass is 9.89. The molecule has 0 aromatic heterocycles. The number of nitrogens with two attached hydrogens (primary N) is 1. The average molecular weight is 225 g/mol. The summed E-state index contributed by atoms with van der Waals surface area (Å²) in [5.74, 6) is -0.165. The lowest BCUT2D eigenvalue weighted by molar-refractivity contribution is 0.0877. The van der Waals surface area contributed by atoms with Crippen LogP contribution >= 0.6 is 0 Å². The maximum Gasteiger partial charge on any atom is 0.126 e. The van der Waals surface area contributed by atoms with Crippen molar-refractivity contribution in [1.29, 1.82) is 0 Å². The van der Waals surface area contributed by atoms with Crippen molar-refractivity contribution in [2.75, 3.05) is 0 Å². The second kappa shape index (κ2) is 5.41. The van der Waals surface area contributed by atoms with E-state index in [-0.39, 0.29) is 11.7 Å². The molecule has 1 aromatic carbocycles. The quantitative estimate of drug-likeness (QED) is 0.827. The molecule has 3 heteroatoms. The molecule has 0 radical (unpaired) electrons. The minimum Gasteiger partial charge on any atom is -0.391 e. The van der Waals surface area contributed by atoms with Crippen LogP contribution in [0.4, 0.5) is 4.39 Å². The molecule has 0 fully saturated rings. The van der Waals surface area contributed by atoms with E-state index in [1.807, 2.05) is 13.8 Å². The molecule has 0 heterocycles. The van der Waals surface area contributed by atoms with Gasteiger partial charge in [-0.3, -0.25) is 0 Å². The highest BCUT2D eigenvalue weighted by Crippen LogP contribution is 2.25. The molecule has 1 unspecified atom stereocenters. The molecule has 1 rings (SSSR count). The van der Waals surface area contributed by atoms with Crippen LogP contribution in [0.15, 0.2) is 18.2 Å². The van der Waals surface area contributed by atoms with E-state index in [9.17, 15) is 9.50 Å². The summed E-state index contributed by atoms with van der Waals surface area (Å²) in [5, 5.41) is 10.0. The zero-order chi connectivity index (χ0) is 12.3. The van der Waals surface area contributed by atoms with Gasteiger partial charge in [0.05, 0.1) is 12.1 Å². The van der Waals surface area contributed by atoms with Gasteiger partial charge in [-0.2, -0.15) is 0 Å². The maximum atomic E-state index is 13.3. The van der Waals surface area contributed by atoms with Crippen LogP contribution < -0.4 is 5.73 Å². The summed E-state index contributed by atoms with van der Waals surface area (Å²) in [6.07, 6.45) is 0.217. The predicted octanol–water partition coefficient (Wildman–Crippen LogP) is 2.54. The van der Waals surface area contributed by atoms with E-state index in [4.69, 9.17) is 5.73 Å². The van der Waals surface area contributed by atoms with Crippen LogP contribution in [0.1, 0.15) is 37.4 Å². The molecule has 2 nitrogen and oxygen atoms in total. The molecule has 0 bridgehead atoms. The number of aliphatic hydroxyl groups excluding tert-OH is 1. The molecular weight excluding hydrogens is 205 g/mol. The van der Waals surface area contributed by atoms with Crippen LogP contribution in [0.25, 0.3) is 0 Å².